The van der Waals surface area contributed by atoms with Crippen LogP contribution in [0.3, 0.4) is 0 Å². The zero-order valence-corrected chi connectivity index (χ0v) is 28.3. The summed E-state index contributed by atoms with van der Waals surface area (Å²) in [6, 6.07) is 54.8. The number of benzene rings is 7. The third-order valence-corrected chi connectivity index (χ3v) is 9.89. The Bertz CT molecular complexity index is 2920. The number of aromatic nitrogens is 4. The Balaban J connectivity index is 1.07. The topological polar surface area (TPSA) is 97.2 Å². The maximum absolute atomic E-state index is 10.1. The summed E-state index contributed by atoms with van der Waals surface area (Å²) in [7, 11) is -1.60. The molecule has 7 aromatic carbocycles. The van der Waals surface area contributed by atoms with E-state index in [2.05, 4.69) is 77.4 Å². The van der Waals surface area contributed by atoms with Crippen molar-refractivity contribution in [2.45, 2.75) is 0 Å². The summed E-state index contributed by atoms with van der Waals surface area (Å²) in [5, 5.41) is 24.0. The number of nitrogens with zero attached hydrogens (tertiary/aromatic N) is 4. The van der Waals surface area contributed by atoms with Gasteiger partial charge in [0.1, 0.15) is 11.2 Å². The first-order valence-electron chi connectivity index (χ1n) is 17.4. The van der Waals surface area contributed by atoms with Crippen molar-refractivity contribution in [3.8, 4) is 51.0 Å². The molecule has 0 spiro atoms. The lowest BCUT2D eigenvalue weighted by Crippen LogP contribution is -2.30. The van der Waals surface area contributed by atoms with Gasteiger partial charge in [-0.3, -0.25) is 0 Å². The van der Waals surface area contributed by atoms with Gasteiger partial charge >= 0.3 is 7.12 Å². The van der Waals surface area contributed by atoms with E-state index in [0.717, 1.165) is 60.7 Å². The fraction of sp³-hybridized carbons (Fsp3) is 0. The van der Waals surface area contributed by atoms with Crippen LogP contribution in [0.1, 0.15) is 0 Å². The van der Waals surface area contributed by atoms with Gasteiger partial charge in [-0.2, -0.15) is 0 Å². The molecule has 0 saturated heterocycles. The molecule has 2 N–H and O–H groups in total. The highest BCUT2D eigenvalue weighted by atomic mass is 16.4. The van der Waals surface area contributed by atoms with Crippen LogP contribution in [0.5, 0.6) is 0 Å². The molecule has 0 saturated carbocycles. The van der Waals surface area contributed by atoms with E-state index in [1.165, 1.54) is 0 Å². The number of furan rings is 1. The molecule has 0 atom stereocenters. The SMILES string of the molecule is OB(O)c1cccc2oc3ccc(-c4ccc5c(c4)c4ccccc4n5-c4ccc(-c5nc(-c6ccccc6)nc(-c6ccccc6)n5)cc4)cc3c12. The Labute approximate surface area is 304 Å². The predicted molar refractivity (Wildman–Crippen MR) is 213 cm³/mol. The first kappa shape index (κ1) is 30.9. The molecule has 3 aromatic heterocycles. The molecule has 0 aliphatic heterocycles. The van der Waals surface area contributed by atoms with Crippen molar-refractivity contribution in [1.82, 2.24) is 19.5 Å². The van der Waals surface area contributed by atoms with Gasteiger partial charge in [0.15, 0.2) is 17.5 Å². The average Bonchev–Trinajstić information content (AvgIpc) is 3.76. The van der Waals surface area contributed by atoms with Crippen molar-refractivity contribution in [2.24, 2.45) is 0 Å². The second kappa shape index (κ2) is 12.4. The standard InChI is InChI=1S/C45H29BN4O3/c51-46(52)37-15-9-17-41-42(37)36-27-32(21-25-40(36)53-41)31-20-24-39-35(26-31)34-14-7-8-16-38(34)50(39)33-22-18-30(19-23-33)45-48-43(28-10-3-1-4-11-28)47-44(49-45)29-12-5-2-6-13-29/h1-27,51-52H. The molecule has 0 bridgehead atoms. The molecule has 0 aliphatic rings. The minimum atomic E-state index is -1.60. The molecule has 7 nitrogen and oxygen atoms in total. The number of para-hydroxylation sites is 1. The minimum Gasteiger partial charge on any atom is -0.456 e. The lowest BCUT2D eigenvalue weighted by atomic mass is 9.77. The highest BCUT2D eigenvalue weighted by Crippen LogP contribution is 2.37. The van der Waals surface area contributed by atoms with Gasteiger partial charge in [-0.25, -0.2) is 15.0 Å². The Hall–Kier alpha value is -6.87. The van der Waals surface area contributed by atoms with E-state index in [1.54, 1.807) is 12.1 Å². The summed E-state index contributed by atoms with van der Waals surface area (Å²) < 4.78 is 8.36. The Morgan fingerprint density at radius 3 is 1.64 bits per heavy atom. The van der Waals surface area contributed by atoms with Gasteiger partial charge in [0.25, 0.3) is 0 Å². The highest BCUT2D eigenvalue weighted by molar-refractivity contribution is 6.62. The smallest absolute Gasteiger partial charge is 0.456 e. The van der Waals surface area contributed by atoms with E-state index < -0.39 is 7.12 Å². The summed E-state index contributed by atoms with van der Waals surface area (Å²) in [6.07, 6.45) is 0. The summed E-state index contributed by atoms with van der Waals surface area (Å²) in [5.41, 5.74) is 9.76. The predicted octanol–water partition coefficient (Wildman–Crippen LogP) is 9.22. The first-order valence-corrected chi connectivity index (χ1v) is 17.4. The van der Waals surface area contributed by atoms with E-state index in [9.17, 15) is 10.0 Å². The van der Waals surface area contributed by atoms with Crippen molar-refractivity contribution in [1.29, 1.82) is 0 Å². The fourth-order valence-electron chi connectivity index (χ4n) is 7.38. The minimum absolute atomic E-state index is 0.423. The lowest BCUT2D eigenvalue weighted by Gasteiger charge is -2.11. The van der Waals surface area contributed by atoms with Crippen LogP contribution < -0.4 is 5.46 Å². The van der Waals surface area contributed by atoms with Crippen LogP contribution >= 0.6 is 0 Å². The summed E-state index contributed by atoms with van der Waals surface area (Å²) in [6.45, 7) is 0. The van der Waals surface area contributed by atoms with Crippen molar-refractivity contribution in [3.63, 3.8) is 0 Å². The van der Waals surface area contributed by atoms with Crippen molar-refractivity contribution < 1.29 is 14.5 Å². The van der Waals surface area contributed by atoms with Gasteiger partial charge in [0.05, 0.1) is 11.0 Å². The van der Waals surface area contributed by atoms with E-state index in [1.807, 2.05) is 78.9 Å². The molecule has 250 valence electrons. The Morgan fingerprint density at radius 1 is 0.434 bits per heavy atom. The molecule has 10 aromatic rings. The normalized spacial score (nSPS) is 11.6. The molecule has 0 aliphatic carbocycles. The number of hydrogen-bond acceptors (Lipinski definition) is 6. The van der Waals surface area contributed by atoms with Crippen LogP contribution in [0.2, 0.25) is 0 Å². The van der Waals surface area contributed by atoms with Crippen LogP contribution in [0, 0.1) is 0 Å². The molecular weight excluding hydrogens is 655 g/mol. The Kier molecular flexibility index (Phi) is 7.25. The van der Waals surface area contributed by atoms with Crippen molar-refractivity contribution >= 4 is 56.3 Å². The zero-order valence-electron chi connectivity index (χ0n) is 28.3. The fourth-order valence-corrected chi connectivity index (χ4v) is 7.38. The van der Waals surface area contributed by atoms with Crippen LogP contribution in [0.25, 0.3) is 94.7 Å². The second-order valence-corrected chi connectivity index (χ2v) is 13.1. The first-order chi connectivity index (χ1) is 26.1. The monoisotopic (exact) mass is 684 g/mol. The molecule has 0 fully saturated rings. The number of rotatable bonds is 6. The van der Waals surface area contributed by atoms with Gasteiger partial charge in [-0.15, -0.1) is 0 Å². The van der Waals surface area contributed by atoms with Gasteiger partial charge in [0, 0.05) is 43.9 Å². The van der Waals surface area contributed by atoms with Crippen LogP contribution in [-0.4, -0.2) is 36.7 Å². The third kappa shape index (κ3) is 5.28. The zero-order chi connectivity index (χ0) is 35.5. The van der Waals surface area contributed by atoms with Gasteiger partial charge in [-0.05, 0) is 77.3 Å². The quantitative estimate of drug-likeness (QED) is 0.170. The van der Waals surface area contributed by atoms with Crippen LogP contribution in [-0.2, 0) is 0 Å². The van der Waals surface area contributed by atoms with Crippen molar-refractivity contribution in [3.05, 3.63) is 164 Å². The molecular formula is C45H29BN4O3. The molecule has 3 heterocycles. The van der Waals surface area contributed by atoms with E-state index in [0.29, 0.717) is 39.5 Å². The van der Waals surface area contributed by atoms with E-state index in [4.69, 9.17) is 19.4 Å². The van der Waals surface area contributed by atoms with Gasteiger partial charge in [0.2, 0.25) is 0 Å². The highest BCUT2D eigenvalue weighted by Gasteiger charge is 2.20. The van der Waals surface area contributed by atoms with Gasteiger partial charge in [-0.1, -0.05) is 103 Å². The number of fused-ring (bicyclic) bond motifs is 6. The maximum atomic E-state index is 10.1. The van der Waals surface area contributed by atoms with Crippen LogP contribution in [0.4, 0.5) is 0 Å². The average molecular weight is 685 g/mol. The maximum Gasteiger partial charge on any atom is 0.489 e. The molecule has 53 heavy (non-hydrogen) atoms. The lowest BCUT2D eigenvalue weighted by molar-refractivity contribution is 0.426. The van der Waals surface area contributed by atoms with Crippen molar-refractivity contribution in [2.75, 3.05) is 0 Å². The van der Waals surface area contributed by atoms with E-state index >= 15 is 0 Å². The van der Waals surface area contributed by atoms with Crippen LogP contribution in [0.15, 0.2) is 168 Å². The van der Waals surface area contributed by atoms with Gasteiger partial charge < -0.3 is 19.0 Å². The molecule has 0 radical (unpaired) electrons. The molecule has 0 unspecified atom stereocenters. The van der Waals surface area contributed by atoms with E-state index in [-0.39, 0.29) is 0 Å². The summed E-state index contributed by atoms with van der Waals surface area (Å²) >= 11 is 0. The Morgan fingerprint density at radius 2 is 0.981 bits per heavy atom. The summed E-state index contributed by atoms with van der Waals surface area (Å²) in [4.78, 5) is 14.7. The molecule has 10 rings (SSSR count). The summed E-state index contributed by atoms with van der Waals surface area (Å²) in [5.74, 6) is 1.87. The largest absolute Gasteiger partial charge is 0.489 e. The molecule has 0 amide bonds. The number of hydrogen-bond donors (Lipinski definition) is 2. The third-order valence-electron chi connectivity index (χ3n) is 9.89. The molecule has 8 heteroatoms. The second-order valence-electron chi connectivity index (χ2n) is 13.1.